The Bertz CT molecular complexity index is 702. The van der Waals surface area contributed by atoms with E-state index >= 15 is 0 Å². The highest BCUT2D eigenvalue weighted by Crippen LogP contribution is 2.28. The van der Waals surface area contributed by atoms with Crippen LogP contribution in [-0.2, 0) is 0 Å². The monoisotopic (exact) mass is 234 g/mol. The van der Waals surface area contributed by atoms with Gasteiger partial charge in [-0.2, -0.15) is 0 Å². The molecule has 0 spiro atoms. The molecular weight excluding hydrogens is 220 g/mol. The summed E-state index contributed by atoms with van der Waals surface area (Å²) in [6.45, 7) is 5.84. The molecule has 0 N–H and O–H groups in total. The fourth-order valence-electron chi connectivity index (χ4n) is 2.09. The molecule has 0 aliphatic rings. The van der Waals surface area contributed by atoms with Crippen LogP contribution in [0.1, 0.15) is 11.1 Å². The summed E-state index contributed by atoms with van der Waals surface area (Å²) >= 11 is 0. The molecule has 88 valence electrons. The first kappa shape index (κ1) is 10.8. The fraction of sp³-hybridized carbons (Fsp3) is 0.0588. The van der Waals surface area contributed by atoms with Crippen molar-refractivity contribution in [3.05, 3.63) is 66.2 Å². The molecule has 2 aromatic carbocycles. The first-order valence-corrected chi connectivity index (χ1v) is 5.99. The number of furan rings is 1. The molecule has 0 aliphatic heterocycles. The number of hydrogen-bond donors (Lipinski definition) is 0. The van der Waals surface area contributed by atoms with E-state index in [0.717, 1.165) is 27.9 Å². The van der Waals surface area contributed by atoms with Gasteiger partial charge in [-0.1, -0.05) is 48.6 Å². The Morgan fingerprint density at radius 3 is 2.50 bits per heavy atom. The van der Waals surface area contributed by atoms with E-state index in [9.17, 15) is 0 Å². The van der Waals surface area contributed by atoms with Crippen LogP contribution in [-0.4, -0.2) is 0 Å². The molecule has 1 heteroatoms. The van der Waals surface area contributed by atoms with Crippen molar-refractivity contribution in [3.63, 3.8) is 0 Å². The third-order valence-electron chi connectivity index (χ3n) is 3.10. The van der Waals surface area contributed by atoms with Gasteiger partial charge in [-0.15, -0.1) is 0 Å². The fourth-order valence-corrected chi connectivity index (χ4v) is 2.09. The zero-order chi connectivity index (χ0) is 12.5. The van der Waals surface area contributed by atoms with Gasteiger partial charge in [-0.05, 0) is 30.7 Å². The summed E-state index contributed by atoms with van der Waals surface area (Å²) in [7, 11) is 0. The third-order valence-corrected chi connectivity index (χ3v) is 3.10. The van der Waals surface area contributed by atoms with E-state index in [1.807, 2.05) is 24.3 Å². The van der Waals surface area contributed by atoms with E-state index in [-0.39, 0.29) is 0 Å². The van der Waals surface area contributed by atoms with Crippen molar-refractivity contribution in [2.24, 2.45) is 0 Å². The highest BCUT2D eigenvalue weighted by molar-refractivity contribution is 5.83. The van der Waals surface area contributed by atoms with E-state index < -0.39 is 0 Å². The second-order valence-electron chi connectivity index (χ2n) is 4.48. The maximum atomic E-state index is 5.86. The van der Waals surface area contributed by atoms with Crippen molar-refractivity contribution < 1.29 is 4.42 Å². The van der Waals surface area contributed by atoms with Crippen molar-refractivity contribution in [1.82, 2.24) is 0 Å². The second kappa shape index (κ2) is 4.19. The predicted octanol–water partition coefficient (Wildman–Crippen LogP) is 5.05. The first-order chi connectivity index (χ1) is 8.76. The molecule has 0 saturated heterocycles. The van der Waals surface area contributed by atoms with Crippen LogP contribution in [0.25, 0.3) is 28.4 Å². The Balaban J connectivity index is 2.10. The molecule has 0 saturated carbocycles. The van der Waals surface area contributed by atoms with E-state index in [1.165, 1.54) is 5.56 Å². The van der Waals surface area contributed by atoms with Crippen molar-refractivity contribution in [2.75, 3.05) is 0 Å². The zero-order valence-electron chi connectivity index (χ0n) is 10.3. The highest BCUT2D eigenvalue weighted by Gasteiger charge is 2.05. The van der Waals surface area contributed by atoms with Crippen LogP contribution in [0.3, 0.4) is 0 Å². The van der Waals surface area contributed by atoms with E-state index in [1.54, 1.807) is 0 Å². The first-order valence-electron chi connectivity index (χ1n) is 5.99. The largest absolute Gasteiger partial charge is 0.456 e. The lowest BCUT2D eigenvalue weighted by molar-refractivity contribution is 0.631. The Hall–Kier alpha value is -2.28. The van der Waals surface area contributed by atoms with Crippen molar-refractivity contribution in [1.29, 1.82) is 0 Å². The summed E-state index contributed by atoms with van der Waals surface area (Å²) in [6.07, 6.45) is 1.84. The number of rotatable bonds is 2. The summed E-state index contributed by atoms with van der Waals surface area (Å²) in [6, 6.07) is 16.5. The van der Waals surface area contributed by atoms with Gasteiger partial charge in [0, 0.05) is 10.9 Å². The van der Waals surface area contributed by atoms with Crippen molar-refractivity contribution in [2.45, 2.75) is 6.92 Å². The molecule has 3 aromatic rings. The molecule has 0 fully saturated rings. The van der Waals surface area contributed by atoms with Crippen molar-refractivity contribution in [3.8, 4) is 11.3 Å². The Morgan fingerprint density at radius 2 is 1.78 bits per heavy atom. The number of fused-ring (bicyclic) bond motifs is 1. The molecular formula is C17H14O. The minimum absolute atomic E-state index is 0.909. The van der Waals surface area contributed by atoms with E-state index in [0.29, 0.717) is 0 Å². The summed E-state index contributed by atoms with van der Waals surface area (Å²) in [5, 5.41) is 1.15. The highest BCUT2D eigenvalue weighted by atomic mass is 16.3. The maximum absolute atomic E-state index is 5.86. The topological polar surface area (TPSA) is 13.1 Å². The van der Waals surface area contributed by atoms with Gasteiger partial charge in [0.1, 0.15) is 11.3 Å². The van der Waals surface area contributed by atoms with Crippen molar-refractivity contribution >= 4 is 17.0 Å². The lowest BCUT2D eigenvalue weighted by atomic mass is 10.1. The molecule has 0 radical (unpaired) electrons. The average molecular weight is 234 g/mol. The van der Waals surface area contributed by atoms with Crippen LogP contribution in [0.2, 0.25) is 0 Å². The van der Waals surface area contributed by atoms with Crippen LogP contribution in [0.4, 0.5) is 0 Å². The van der Waals surface area contributed by atoms with Gasteiger partial charge in [0.2, 0.25) is 0 Å². The molecule has 0 atom stereocenters. The Kier molecular flexibility index (Phi) is 2.52. The second-order valence-corrected chi connectivity index (χ2v) is 4.48. The summed E-state index contributed by atoms with van der Waals surface area (Å²) in [5.74, 6) is 0.909. The summed E-state index contributed by atoms with van der Waals surface area (Å²) in [4.78, 5) is 0. The van der Waals surface area contributed by atoms with Gasteiger partial charge in [-0.25, -0.2) is 0 Å². The van der Waals surface area contributed by atoms with Gasteiger partial charge < -0.3 is 4.42 Å². The minimum atomic E-state index is 0.909. The SMILES string of the molecule is C=Cc1ccc(-c2cc3cc(C)ccc3o2)cc1. The standard InChI is InChI=1S/C17H14O/c1-3-13-5-7-14(8-6-13)17-11-15-10-12(2)4-9-16(15)18-17/h3-11H,1H2,2H3. The lowest BCUT2D eigenvalue weighted by Crippen LogP contribution is -1.74. The van der Waals surface area contributed by atoms with Gasteiger partial charge in [0.05, 0.1) is 0 Å². The normalized spacial score (nSPS) is 10.7. The smallest absolute Gasteiger partial charge is 0.135 e. The van der Waals surface area contributed by atoms with Crippen LogP contribution in [0, 0.1) is 6.92 Å². The van der Waals surface area contributed by atoms with Gasteiger partial charge >= 0.3 is 0 Å². The van der Waals surface area contributed by atoms with Gasteiger partial charge in [0.15, 0.2) is 0 Å². The summed E-state index contributed by atoms with van der Waals surface area (Å²) < 4.78 is 5.86. The number of aryl methyl sites for hydroxylation is 1. The quantitative estimate of drug-likeness (QED) is 0.604. The molecule has 0 bridgehead atoms. The maximum Gasteiger partial charge on any atom is 0.135 e. The third kappa shape index (κ3) is 1.84. The van der Waals surface area contributed by atoms with Crippen LogP contribution in [0.15, 0.2) is 59.5 Å². The Morgan fingerprint density at radius 1 is 1.00 bits per heavy atom. The molecule has 0 amide bonds. The predicted molar refractivity (Wildman–Crippen MR) is 76.5 cm³/mol. The van der Waals surface area contributed by atoms with E-state index in [4.69, 9.17) is 4.42 Å². The molecule has 1 aromatic heterocycles. The van der Waals surface area contributed by atoms with E-state index in [2.05, 4.69) is 43.8 Å². The van der Waals surface area contributed by atoms with Gasteiger partial charge in [-0.3, -0.25) is 0 Å². The molecule has 18 heavy (non-hydrogen) atoms. The zero-order valence-corrected chi connectivity index (χ0v) is 10.3. The van der Waals surface area contributed by atoms with Crippen LogP contribution < -0.4 is 0 Å². The number of benzene rings is 2. The molecule has 1 heterocycles. The number of hydrogen-bond acceptors (Lipinski definition) is 1. The minimum Gasteiger partial charge on any atom is -0.456 e. The molecule has 1 nitrogen and oxygen atoms in total. The average Bonchev–Trinajstić information content (AvgIpc) is 2.81. The molecule has 0 aliphatic carbocycles. The molecule has 0 unspecified atom stereocenters. The van der Waals surface area contributed by atoms with Gasteiger partial charge in [0.25, 0.3) is 0 Å². The van der Waals surface area contributed by atoms with Crippen LogP contribution >= 0.6 is 0 Å². The lowest BCUT2D eigenvalue weighted by Gasteiger charge is -1.97. The summed E-state index contributed by atoms with van der Waals surface area (Å²) in [5.41, 5.74) is 4.39. The molecule has 3 rings (SSSR count). The Labute approximate surface area is 106 Å². The van der Waals surface area contributed by atoms with Crippen LogP contribution in [0.5, 0.6) is 0 Å².